The van der Waals surface area contributed by atoms with Crippen molar-refractivity contribution in [2.24, 2.45) is 0 Å². The van der Waals surface area contributed by atoms with Crippen molar-refractivity contribution in [1.82, 2.24) is 0 Å². The van der Waals surface area contributed by atoms with Gasteiger partial charge in [0.2, 0.25) is 13.4 Å². The number of hydrogen-bond acceptors (Lipinski definition) is 2. The molecule has 0 aliphatic carbocycles. The summed E-state index contributed by atoms with van der Waals surface area (Å²) in [6, 6.07) is 34.3. The summed E-state index contributed by atoms with van der Waals surface area (Å²) in [6.45, 7) is 10.1. The molecule has 2 nitrogen and oxygen atoms in total. The molecule has 4 heteroatoms. The zero-order valence-electron chi connectivity index (χ0n) is 23.2. The molecule has 5 aromatic rings. The highest BCUT2D eigenvalue weighted by atomic mass is 16.5. The van der Waals surface area contributed by atoms with Crippen LogP contribution in [0.25, 0.3) is 0 Å². The van der Waals surface area contributed by atoms with Crippen molar-refractivity contribution in [3.63, 3.8) is 0 Å². The van der Waals surface area contributed by atoms with E-state index >= 15 is 0 Å². The molecule has 40 heavy (non-hydrogen) atoms. The number of benzene rings is 5. The lowest BCUT2D eigenvalue weighted by Gasteiger charge is -2.53. The van der Waals surface area contributed by atoms with Crippen LogP contribution in [-0.2, 0) is 10.8 Å². The molecule has 0 bridgehead atoms. The van der Waals surface area contributed by atoms with Crippen molar-refractivity contribution in [1.29, 1.82) is 0 Å². The Hall–Kier alpha value is -4.17. The standard InChI is InChI=1S/C36H27B2NO/c1-35(2)20-11-5-7-13-24(20)37-26-15-9-17-28-32(26)39-33-27(16-10-18-29(33)40-28)38-25-14-8-6-12-21(25)36(3,4)23-19-22(35)30(37)34(39)31(23)38/h5-19H,1-4H3. The topological polar surface area (TPSA) is 12.5 Å². The Morgan fingerprint density at radius 2 is 0.950 bits per heavy atom. The van der Waals surface area contributed by atoms with Gasteiger partial charge in [-0.15, -0.1) is 0 Å². The van der Waals surface area contributed by atoms with Crippen molar-refractivity contribution in [2.75, 3.05) is 4.90 Å². The molecule has 5 heterocycles. The van der Waals surface area contributed by atoms with E-state index in [2.05, 4.69) is 124 Å². The lowest BCUT2D eigenvalue weighted by molar-refractivity contribution is 0.478. The van der Waals surface area contributed by atoms with Gasteiger partial charge in [0.05, 0.1) is 11.4 Å². The first-order valence-corrected chi connectivity index (χ1v) is 14.5. The second-order valence-electron chi connectivity index (χ2n) is 13.3. The van der Waals surface area contributed by atoms with Crippen LogP contribution >= 0.6 is 0 Å². The third-order valence-electron chi connectivity index (χ3n) is 10.8. The van der Waals surface area contributed by atoms with Crippen LogP contribution in [-0.4, -0.2) is 13.4 Å². The van der Waals surface area contributed by atoms with Crippen LogP contribution in [0.3, 0.4) is 0 Å². The minimum Gasteiger partial charge on any atom is -0.453 e. The Morgan fingerprint density at radius 3 is 1.45 bits per heavy atom. The van der Waals surface area contributed by atoms with Crippen LogP contribution in [0.15, 0.2) is 91.0 Å². The molecule has 0 amide bonds. The first-order chi connectivity index (χ1) is 19.4. The van der Waals surface area contributed by atoms with Gasteiger partial charge in [-0.1, -0.05) is 117 Å². The number of nitrogens with zero attached hydrogens (tertiary/aromatic N) is 1. The van der Waals surface area contributed by atoms with E-state index in [0.717, 1.165) is 11.5 Å². The molecule has 5 aliphatic heterocycles. The lowest BCUT2D eigenvalue weighted by atomic mass is 9.25. The maximum Gasteiger partial charge on any atom is 0.247 e. The second-order valence-corrected chi connectivity index (χ2v) is 13.3. The van der Waals surface area contributed by atoms with Gasteiger partial charge in [0.25, 0.3) is 0 Å². The normalized spacial score (nSPS) is 17.9. The van der Waals surface area contributed by atoms with E-state index in [1.165, 1.54) is 72.1 Å². The molecule has 0 N–H and O–H groups in total. The number of fused-ring (bicyclic) bond motifs is 6. The summed E-state index contributed by atoms with van der Waals surface area (Å²) in [4.78, 5) is 2.61. The predicted octanol–water partition coefficient (Wildman–Crippen LogP) is 4.20. The highest BCUT2D eigenvalue weighted by Gasteiger charge is 2.55. The Bertz CT molecular complexity index is 1880. The molecular formula is C36H27B2NO. The fraction of sp³-hybridized carbons (Fsp3) is 0.167. The van der Waals surface area contributed by atoms with Crippen LogP contribution in [0.1, 0.15) is 49.9 Å². The number of para-hydroxylation sites is 2. The van der Waals surface area contributed by atoms with E-state index in [1.807, 2.05) is 0 Å². The second kappa shape index (κ2) is 6.58. The van der Waals surface area contributed by atoms with Gasteiger partial charge in [0.1, 0.15) is 0 Å². The number of ether oxygens (including phenoxy) is 1. The number of rotatable bonds is 0. The van der Waals surface area contributed by atoms with Gasteiger partial charge in [-0.05, 0) is 56.2 Å². The summed E-state index contributed by atoms with van der Waals surface area (Å²) in [5.74, 6) is 1.92. The van der Waals surface area contributed by atoms with Gasteiger partial charge in [0.15, 0.2) is 11.5 Å². The average Bonchev–Trinajstić information content (AvgIpc) is 2.96. The van der Waals surface area contributed by atoms with E-state index in [-0.39, 0.29) is 24.3 Å². The molecule has 0 unspecified atom stereocenters. The molecule has 0 saturated heterocycles. The van der Waals surface area contributed by atoms with Gasteiger partial charge < -0.3 is 9.64 Å². The van der Waals surface area contributed by atoms with Crippen molar-refractivity contribution in [3.05, 3.63) is 113 Å². The highest BCUT2D eigenvalue weighted by molar-refractivity contribution is 7.03. The zero-order valence-corrected chi connectivity index (χ0v) is 23.2. The predicted molar refractivity (Wildman–Crippen MR) is 168 cm³/mol. The molecule has 5 aliphatic rings. The fourth-order valence-electron chi connectivity index (χ4n) is 9.08. The maximum absolute atomic E-state index is 6.75. The highest BCUT2D eigenvalue weighted by Crippen LogP contribution is 2.54. The SMILES string of the molecule is CC1(C)c2ccccc2B2c3cccc4c3N3c5c(cccc5B5c6ccccc6C(C)(C)c6cc1c2c3c65)O4. The molecule has 0 atom stereocenters. The van der Waals surface area contributed by atoms with E-state index < -0.39 is 0 Å². The quantitative estimate of drug-likeness (QED) is 0.283. The van der Waals surface area contributed by atoms with Gasteiger partial charge >= 0.3 is 0 Å². The summed E-state index contributed by atoms with van der Waals surface area (Å²) in [5, 5.41) is 0. The fourth-order valence-corrected chi connectivity index (χ4v) is 9.08. The molecular weight excluding hydrogens is 484 g/mol. The third kappa shape index (κ3) is 2.16. The molecule has 0 fully saturated rings. The third-order valence-corrected chi connectivity index (χ3v) is 10.8. The minimum atomic E-state index is -0.113. The molecule has 5 aromatic carbocycles. The van der Waals surface area contributed by atoms with Gasteiger partial charge in [-0.2, -0.15) is 0 Å². The van der Waals surface area contributed by atoms with Crippen LogP contribution in [0.4, 0.5) is 17.1 Å². The molecule has 0 aromatic heterocycles. The monoisotopic (exact) mass is 511 g/mol. The molecule has 188 valence electrons. The number of anilines is 3. The summed E-state index contributed by atoms with van der Waals surface area (Å²) >= 11 is 0. The average molecular weight is 511 g/mol. The number of hydrogen-bond donors (Lipinski definition) is 0. The minimum absolute atomic E-state index is 0.113. The first kappa shape index (κ1) is 21.6. The van der Waals surface area contributed by atoms with Crippen molar-refractivity contribution >= 4 is 63.3 Å². The summed E-state index contributed by atoms with van der Waals surface area (Å²) in [5.41, 5.74) is 18.0. The van der Waals surface area contributed by atoms with Gasteiger partial charge in [0, 0.05) is 16.5 Å². The molecule has 0 saturated carbocycles. The van der Waals surface area contributed by atoms with E-state index in [9.17, 15) is 0 Å². The molecule has 10 rings (SSSR count). The lowest BCUT2D eigenvalue weighted by Crippen LogP contribution is -2.71. The smallest absolute Gasteiger partial charge is 0.247 e. The van der Waals surface area contributed by atoms with Crippen molar-refractivity contribution < 1.29 is 4.74 Å². The Labute approximate surface area is 235 Å². The first-order valence-electron chi connectivity index (χ1n) is 14.5. The molecule has 0 radical (unpaired) electrons. The van der Waals surface area contributed by atoms with Crippen LogP contribution in [0, 0.1) is 0 Å². The van der Waals surface area contributed by atoms with E-state index in [1.54, 1.807) is 0 Å². The van der Waals surface area contributed by atoms with Crippen LogP contribution in [0.5, 0.6) is 11.5 Å². The summed E-state index contributed by atoms with van der Waals surface area (Å²) < 4.78 is 6.75. The van der Waals surface area contributed by atoms with Crippen LogP contribution < -0.4 is 42.4 Å². The maximum atomic E-state index is 6.75. The van der Waals surface area contributed by atoms with Crippen molar-refractivity contribution in [3.8, 4) is 11.5 Å². The van der Waals surface area contributed by atoms with Crippen molar-refractivity contribution in [2.45, 2.75) is 38.5 Å². The van der Waals surface area contributed by atoms with Crippen LogP contribution in [0.2, 0.25) is 0 Å². The Kier molecular flexibility index (Phi) is 3.56. The largest absolute Gasteiger partial charge is 0.453 e. The Morgan fingerprint density at radius 1 is 0.500 bits per heavy atom. The summed E-state index contributed by atoms with van der Waals surface area (Å²) in [7, 11) is 0. The van der Waals surface area contributed by atoms with E-state index in [4.69, 9.17) is 4.74 Å². The van der Waals surface area contributed by atoms with E-state index in [0.29, 0.717) is 0 Å². The molecule has 0 spiro atoms. The van der Waals surface area contributed by atoms with Gasteiger partial charge in [-0.3, -0.25) is 0 Å². The summed E-state index contributed by atoms with van der Waals surface area (Å²) in [6.07, 6.45) is 0. The Balaban J connectivity index is 1.46. The van der Waals surface area contributed by atoms with Gasteiger partial charge in [-0.25, -0.2) is 0 Å². The zero-order chi connectivity index (χ0) is 26.7.